The number of hydrogen-bond acceptors (Lipinski definition) is 5. The van der Waals surface area contributed by atoms with Crippen LogP contribution in [-0.4, -0.2) is 80.5 Å². The van der Waals surface area contributed by atoms with Gasteiger partial charge in [0.2, 0.25) is 11.8 Å². The Kier molecular flexibility index (Phi) is 8.22. The summed E-state index contributed by atoms with van der Waals surface area (Å²) >= 11 is 0. The van der Waals surface area contributed by atoms with Crippen LogP contribution >= 0.6 is 0 Å². The second-order valence-corrected chi connectivity index (χ2v) is 6.53. The first kappa shape index (κ1) is 20.9. The summed E-state index contributed by atoms with van der Waals surface area (Å²) in [6, 6.07) is 6.93. The highest BCUT2D eigenvalue weighted by Gasteiger charge is 2.23. The van der Waals surface area contributed by atoms with Gasteiger partial charge in [0.05, 0.1) is 6.54 Å². The van der Waals surface area contributed by atoms with Gasteiger partial charge in [-0.25, -0.2) is 0 Å². The van der Waals surface area contributed by atoms with Gasteiger partial charge in [-0.1, -0.05) is 6.07 Å². The van der Waals surface area contributed by atoms with Crippen molar-refractivity contribution in [2.24, 2.45) is 0 Å². The fraction of sp³-hybridized carbons (Fsp3) is 0.526. The molecule has 0 unspecified atom stereocenters. The Morgan fingerprint density at radius 1 is 1.15 bits per heavy atom. The number of carbonyl (C=O) groups is 3. The molecule has 1 heterocycles. The number of rotatable bonds is 8. The third kappa shape index (κ3) is 6.99. The van der Waals surface area contributed by atoms with Crippen molar-refractivity contribution in [1.29, 1.82) is 0 Å². The molecule has 0 aliphatic carbocycles. The van der Waals surface area contributed by atoms with Crippen molar-refractivity contribution in [2.75, 3.05) is 58.3 Å². The van der Waals surface area contributed by atoms with E-state index in [2.05, 4.69) is 10.6 Å². The quantitative estimate of drug-likeness (QED) is 0.647. The summed E-state index contributed by atoms with van der Waals surface area (Å²) in [4.78, 5) is 39.6. The van der Waals surface area contributed by atoms with Crippen molar-refractivity contribution in [3.05, 3.63) is 29.8 Å². The minimum Gasteiger partial charge on any atom is -0.385 e. The molecule has 27 heavy (non-hydrogen) atoms. The SMILES string of the molecule is COCCCNC(=O)CN1CCN(C(=O)c2cccc(NC(C)=O)c2)CC1. The predicted octanol–water partition coefficient (Wildman–Crippen LogP) is 0.556. The van der Waals surface area contributed by atoms with Gasteiger partial charge in [0.15, 0.2) is 0 Å². The number of anilines is 1. The van der Waals surface area contributed by atoms with E-state index < -0.39 is 0 Å². The van der Waals surface area contributed by atoms with Crippen LogP contribution in [0.4, 0.5) is 5.69 Å². The predicted molar refractivity (Wildman–Crippen MR) is 103 cm³/mol. The Labute approximate surface area is 159 Å². The molecule has 148 valence electrons. The average Bonchev–Trinajstić information content (AvgIpc) is 2.65. The molecule has 0 radical (unpaired) electrons. The maximum atomic E-state index is 12.7. The highest BCUT2D eigenvalue weighted by Crippen LogP contribution is 2.14. The van der Waals surface area contributed by atoms with Crippen molar-refractivity contribution in [3.63, 3.8) is 0 Å². The van der Waals surface area contributed by atoms with Gasteiger partial charge in [0.1, 0.15) is 0 Å². The number of piperazine rings is 1. The van der Waals surface area contributed by atoms with Crippen molar-refractivity contribution < 1.29 is 19.1 Å². The maximum absolute atomic E-state index is 12.7. The molecule has 1 aromatic rings. The highest BCUT2D eigenvalue weighted by molar-refractivity contribution is 5.96. The zero-order chi connectivity index (χ0) is 19.6. The summed E-state index contributed by atoms with van der Waals surface area (Å²) in [5, 5.41) is 5.56. The second-order valence-electron chi connectivity index (χ2n) is 6.53. The zero-order valence-electron chi connectivity index (χ0n) is 16.0. The van der Waals surface area contributed by atoms with E-state index >= 15 is 0 Å². The second kappa shape index (κ2) is 10.6. The van der Waals surface area contributed by atoms with Crippen LogP contribution in [0.15, 0.2) is 24.3 Å². The molecule has 1 aromatic carbocycles. The number of carbonyl (C=O) groups excluding carboxylic acids is 3. The lowest BCUT2D eigenvalue weighted by molar-refractivity contribution is -0.122. The lowest BCUT2D eigenvalue weighted by Crippen LogP contribution is -2.51. The van der Waals surface area contributed by atoms with Crippen LogP contribution in [0.5, 0.6) is 0 Å². The monoisotopic (exact) mass is 376 g/mol. The molecule has 1 aliphatic rings. The van der Waals surface area contributed by atoms with E-state index in [1.54, 1.807) is 36.3 Å². The molecule has 1 fully saturated rings. The van der Waals surface area contributed by atoms with Gasteiger partial charge in [-0.3, -0.25) is 19.3 Å². The van der Waals surface area contributed by atoms with Gasteiger partial charge in [-0.05, 0) is 24.6 Å². The minimum absolute atomic E-state index is 0.00566. The molecule has 1 aliphatic heterocycles. The zero-order valence-corrected chi connectivity index (χ0v) is 16.0. The van der Waals surface area contributed by atoms with Crippen molar-refractivity contribution >= 4 is 23.4 Å². The molecule has 8 heteroatoms. The first-order chi connectivity index (χ1) is 13.0. The molecule has 3 amide bonds. The highest BCUT2D eigenvalue weighted by atomic mass is 16.5. The van der Waals surface area contributed by atoms with E-state index in [9.17, 15) is 14.4 Å². The van der Waals surface area contributed by atoms with E-state index in [0.29, 0.717) is 57.1 Å². The van der Waals surface area contributed by atoms with Gasteiger partial charge in [0.25, 0.3) is 5.91 Å². The van der Waals surface area contributed by atoms with Gasteiger partial charge in [0, 0.05) is 64.6 Å². The van der Waals surface area contributed by atoms with Crippen molar-refractivity contribution in [2.45, 2.75) is 13.3 Å². The van der Waals surface area contributed by atoms with Gasteiger partial charge in [-0.2, -0.15) is 0 Å². The van der Waals surface area contributed by atoms with Crippen molar-refractivity contribution in [3.8, 4) is 0 Å². The molecule has 2 rings (SSSR count). The average molecular weight is 376 g/mol. The Morgan fingerprint density at radius 3 is 2.56 bits per heavy atom. The van der Waals surface area contributed by atoms with Gasteiger partial charge < -0.3 is 20.3 Å². The maximum Gasteiger partial charge on any atom is 0.254 e. The number of hydrogen-bond donors (Lipinski definition) is 2. The Bertz CT molecular complexity index is 657. The number of ether oxygens (including phenoxy) is 1. The van der Waals surface area contributed by atoms with Crippen molar-refractivity contribution in [1.82, 2.24) is 15.1 Å². The topological polar surface area (TPSA) is 91.0 Å². The molecular weight excluding hydrogens is 348 g/mol. The van der Waals surface area contributed by atoms with Crippen LogP contribution in [0.2, 0.25) is 0 Å². The summed E-state index contributed by atoms with van der Waals surface area (Å²) in [5.41, 5.74) is 1.16. The third-order valence-electron chi connectivity index (χ3n) is 4.30. The van der Waals surface area contributed by atoms with Crippen LogP contribution in [0.1, 0.15) is 23.7 Å². The minimum atomic E-state index is -0.172. The molecule has 1 saturated heterocycles. The Morgan fingerprint density at radius 2 is 1.89 bits per heavy atom. The van der Waals surface area contributed by atoms with E-state index in [1.165, 1.54) is 6.92 Å². The number of nitrogens with zero attached hydrogens (tertiary/aromatic N) is 2. The summed E-state index contributed by atoms with van der Waals surface area (Å²) in [6.07, 6.45) is 0.794. The smallest absolute Gasteiger partial charge is 0.254 e. The van der Waals surface area contributed by atoms with Gasteiger partial charge >= 0.3 is 0 Å². The molecule has 0 aromatic heterocycles. The van der Waals surface area contributed by atoms with Crippen LogP contribution in [0.25, 0.3) is 0 Å². The lowest BCUT2D eigenvalue weighted by atomic mass is 10.1. The molecule has 0 atom stereocenters. The number of benzene rings is 1. The molecular formula is C19H28N4O4. The molecule has 0 bridgehead atoms. The van der Waals surface area contributed by atoms with Crippen LogP contribution < -0.4 is 10.6 Å². The Hall–Kier alpha value is -2.45. The summed E-state index contributed by atoms with van der Waals surface area (Å²) in [6.45, 7) is 5.46. The van der Waals surface area contributed by atoms with E-state index in [-0.39, 0.29) is 17.7 Å². The largest absolute Gasteiger partial charge is 0.385 e. The standard InChI is InChI=1S/C19H28N4O4/c1-15(24)21-17-6-3-5-16(13-17)19(26)23-10-8-22(9-11-23)14-18(25)20-7-4-12-27-2/h3,5-6,13H,4,7-12,14H2,1-2H3,(H,20,25)(H,21,24). The molecule has 8 nitrogen and oxygen atoms in total. The Balaban J connectivity index is 1.78. The number of nitrogens with one attached hydrogen (secondary N) is 2. The number of methoxy groups -OCH3 is 1. The first-order valence-corrected chi connectivity index (χ1v) is 9.14. The number of amides is 3. The van der Waals surface area contributed by atoms with Crippen LogP contribution in [-0.2, 0) is 14.3 Å². The third-order valence-corrected chi connectivity index (χ3v) is 4.30. The lowest BCUT2D eigenvalue weighted by Gasteiger charge is -2.34. The van der Waals surface area contributed by atoms with Crippen LogP contribution in [0, 0.1) is 0 Å². The van der Waals surface area contributed by atoms with E-state index in [1.807, 2.05) is 4.90 Å². The normalized spacial score (nSPS) is 14.7. The molecule has 2 N–H and O–H groups in total. The van der Waals surface area contributed by atoms with E-state index in [0.717, 1.165) is 6.42 Å². The fourth-order valence-electron chi connectivity index (χ4n) is 2.93. The summed E-state index contributed by atoms with van der Waals surface area (Å²) < 4.78 is 4.95. The van der Waals surface area contributed by atoms with E-state index in [4.69, 9.17) is 4.74 Å². The van der Waals surface area contributed by atoms with Crippen LogP contribution in [0.3, 0.4) is 0 Å². The summed E-state index contributed by atoms with van der Waals surface area (Å²) in [7, 11) is 1.64. The molecule has 0 saturated carbocycles. The summed E-state index contributed by atoms with van der Waals surface area (Å²) in [5.74, 6) is -0.242. The fourth-order valence-corrected chi connectivity index (χ4v) is 2.93. The van der Waals surface area contributed by atoms with Gasteiger partial charge in [-0.15, -0.1) is 0 Å². The molecule has 0 spiro atoms. The first-order valence-electron chi connectivity index (χ1n) is 9.14.